The maximum Gasteiger partial charge on any atom is 0.131 e. The van der Waals surface area contributed by atoms with E-state index in [-0.39, 0.29) is 17.7 Å². The van der Waals surface area contributed by atoms with Gasteiger partial charge in [0.2, 0.25) is 0 Å². The Morgan fingerprint density at radius 3 is 2.19 bits per heavy atom. The Labute approximate surface area is 92.5 Å². The maximum atomic E-state index is 13.7. The topological polar surface area (TPSA) is 26.0 Å². The lowest BCUT2D eigenvalue weighted by Crippen LogP contribution is -1.97. The Morgan fingerprint density at radius 2 is 1.56 bits per heavy atom. The highest BCUT2D eigenvalue weighted by atomic mass is 19.1. The van der Waals surface area contributed by atoms with Gasteiger partial charge in [0.15, 0.2) is 0 Å². The molecule has 0 saturated carbocycles. The number of hydrogen-bond acceptors (Lipinski definition) is 1. The molecule has 0 spiro atoms. The van der Waals surface area contributed by atoms with Crippen molar-refractivity contribution in [1.29, 1.82) is 0 Å². The van der Waals surface area contributed by atoms with Crippen LogP contribution in [0.1, 0.15) is 5.56 Å². The van der Waals surface area contributed by atoms with Gasteiger partial charge in [0.25, 0.3) is 0 Å². The standard InChI is InChI=1S/C13H11F2N/c14-12-4-2-1-3-10(12)11-6-5-9(8-16)7-13(11)15/h1-7H,8,16H2. The summed E-state index contributed by atoms with van der Waals surface area (Å²) in [6.45, 7) is 0.272. The van der Waals surface area contributed by atoms with Gasteiger partial charge in [0.1, 0.15) is 11.6 Å². The van der Waals surface area contributed by atoms with E-state index >= 15 is 0 Å². The third-order valence-corrected chi connectivity index (χ3v) is 2.43. The predicted molar refractivity (Wildman–Crippen MR) is 59.7 cm³/mol. The molecule has 0 amide bonds. The molecular weight excluding hydrogens is 208 g/mol. The van der Waals surface area contributed by atoms with Crippen molar-refractivity contribution >= 4 is 0 Å². The molecule has 0 heterocycles. The second-order valence-electron chi connectivity index (χ2n) is 3.50. The third-order valence-electron chi connectivity index (χ3n) is 2.43. The largest absolute Gasteiger partial charge is 0.326 e. The van der Waals surface area contributed by atoms with E-state index in [1.165, 1.54) is 12.1 Å². The van der Waals surface area contributed by atoms with Gasteiger partial charge in [-0.15, -0.1) is 0 Å². The summed E-state index contributed by atoms with van der Waals surface area (Å²) < 4.78 is 27.1. The Kier molecular flexibility index (Phi) is 2.97. The molecule has 0 aliphatic heterocycles. The molecule has 0 atom stereocenters. The van der Waals surface area contributed by atoms with E-state index < -0.39 is 11.6 Å². The summed E-state index contributed by atoms with van der Waals surface area (Å²) >= 11 is 0. The van der Waals surface area contributed by atoms with Gasteiger partial charge < -0.3 is 5.73 Å². The number of rotatable bonds is 2. The number of benzene rings is 2. The Bertz CT molecular complexity index is 509. The van der Waals surface area contributed by atoms with Crippen molar-refractivity contribution in [3.05, 3.63) is 59.7 Å². The van der Waals surface area contributed by atoms with Crippen LogP contribution >= 0.6 is 0 Å². The fourth-order valence-electron chi connectivity index (χ4n) is 1.58. The molecule has 2 aromatic rings. The molecule has 0 aliphatic rings. The molecule has 2 N–H and O–H groups in total. The zero-order valence-electron chi connectivity index (χ0n) is 8.58. The molecule has 2 rings (SSSR count). The van der Waals surface area contributed by atoms with Crippen LogP contribution in [0.4, 0.5) is 8.78 Å². The highest BCUT2D eigenvalue weighted by Crippen LogP contribution is 2.25. The molecule has 82 valence electrons. The molecule has 0 unspecified atom stereocenters. The van der Waals surface area contributed by atoms with Crippen molar-refractivity contribution in [2.24, 2.45) is 5.73 Å². The molecule has 16 heavy (non-hydrogen) atoms. The molecule has 3 heteroatoms. The first-order chi connectivity index (χ1) is 7.72. The lowest BCUT2D eigenvalue weighted by Gasteiger charge is -2.06. The molecule has 1 nitrogen and oxygen atoms in total. The predicted octanol–water partition coefficient (Wildman–Crippen LogP) is 3.09. The van der Waals surface area contributed by atoms with Crippen LogP contribution in [-0.2, 0) is 6.54 Å². The van der Waals surface area contributed by atoms with Gasteiger partial charge in [-0.3, -0.25) is 0 Å². The van der Waals surface area contributed by atoms with E-state index in [0.717, 1.165) is 0 Å². The van der Waals surface area contributed by atoms with Gasteiger partial charge in [0, 0.05) is 17.7 Å². The first-order valence-electron chi connectivity index (χ1n) is 4.96. The van der Waals surface area contributed by atoms with Crippen molar-refractivity contribution in [1.82, 2.24) is 0 Å². The number of hydrogen-bond donors (Lipinski definition) is 1. The lowest BCUT2D eigenvalue weighted by molar-refractivity contribution is 0.615. The molecular formula is C13H11F2N. The Hall–Kier alpha value is -1.74. The Balaban J connectivity index is 2.53. The zero-order chi connectivity index (χ0) is 11.5. The van der Waals surface area contributed by atoms with Gasteiger partial charge in [-0.05, 0) is 17.7 Å². The molecule has 2 aromatic carbocycles. The Morgan fingerprint density at radius 1 is 0.875 bits per heavy atom. The molecule has 0 radical (unpaired) electrons. The van der Waals surface area contributed by atoms with Gasteiger partial charge in [0.05, 0.1) is 0 Å². The van der Waals surface area contributed by atoms with Crippen LogP contribution in [0.2, 0.25) is 0 Å². The lowest BCUT2D eigenvalue weighted by atomic mass is 10.0. The fourth-order valence-corrected chi connectivity index (χ4v) is 1.58. The summed E-state index contributed by atoms with van der Waals surface area (Å²) in [7, 11) is 0. The summed E-state index contributed by atoms with van der Waals surface area (Å²) in [5.74, 6) is -0.880. The van der Waals surface area contributed by atoms with E-state index in [4.69, 9.17) is 5.73 Å². The second-order valence-corrected chi connectivity index (χ2v) is 3.50. The van der Waals surface area contributed by atoms with Gasteiger partial charge in [-0.2, -0.15) is 0 Å². The second kappa shape index (κ2) is 4.41. The van der Waals surface area contributed by atoms with Crippen molar-refractivity contribution < 1.29 is 8.78 Å². The van der Waals surface area contributed by atoms with Gasteiger partial charge in [-0.25, -0.2) is 8.78 Å². The summed E-state index contributed by atoms with van der Waals surface area (Å²) in [6.07, 6.45) is 0. The molecule has 0 aliphatic carbocycles. The zero-order valence-corrected chi connectivity index (χ0v) is 8.58. The quantitative estimate of drug-likeness (QED) is 0.825. The maximum absolute atomic E-state index is 13.7. The van der Waals surface area contributed by atoms with Crippen molar-refractivity contribution in [3.63, 3.8) is 0 Å². The van der Waals surface area contributed by atoms with Crippen LogP contribution < -0.4 is 5.73 Å². The SMILES string of the molecule is NCc1ccc(-c2ccccc2F)c(F)c1. The molecule has 0 saturated heterocycles. The van der Waals surface area contributed by atoms with Gasteiger partial charge in [-0.1, -0.05) is 30.3 Å². The summed E-state index contributed by atoms with van der Waals surface area (Å²) in [5.41, 5.74) is 6.62. The first-order valence-corrected chi connectivity index (χ1v) is 4.96. The van der Waals surface area contributed by atoms with Crippen LogP contribution in [0, 0.1) is 11.6 Å². The van der Waals surface area contributed by atoms with Crippen molar-refractivity contribution in [2.45, 2.75) is 6.54 Å². The summed E-state index contributed by atoms with van der Waals surface area (Å²) in [4.78, 5) is 0. The van der Waals surface area contributed by atoms with Crippen LogP contribution in [0.15, 0.2) is 42.5 Å². The van der Waals surface area contributed by atoms with Crippen LogP contribution in [0.5, 0.6) is 0 Å². The summed E-state index contributed by atoms with van der Waals surface area (Å²) in [6, 6.07) is 10.7. The molecule has 0 aromatic heterocycles. The fraction of sp³-hybridized carbons (Fsp3) is 0.0769. The minimum atomic E-state index is -0.451. The highest BCUT2D eigenvalue weighted by Gasteiger charge is 2.09. The monoisotopic (exact) mass is 219 g/mol. The minimum absolute atomic E-state index is 0.260. The van der Waals surface area contributed by atoms with Crippen molar-refractivity contribution in [2.75, 3.05) is 0 Å². The third kappa shape index (κ3) is 1.95. The van der Waals surface area contributed by atoms with E-state index in [1.54, 1.807) is 30.3 Å². The molecule has 0 fully saturated rings. The van der Waals surface area contributed by atoms with Crippen LogP contribution in [0.25, 0.3) is 11.1 Å². The highest BCUT2D eigenvalue weighted by molar-refractivity contribution is 5.65. The van der Waals surface area contributed by atoms with Crippen LogP contribution in [-0.4, -0.2) is 0 Å². The number of nitrogens with two attached hydrogens (primary N) is 1. The smallest absolute Gasteiger partial charge is 0.131 e. The van der Waals surface area contributed by atoms with E-state index in [9.17, 15) is 8.78 Å². The normalized spacial score (nSPS) is 10.4. The average molecular weight is 219 g/mol. The van der Waals surface area contributed by atoms with Crippen LogP contribution in [0.3, 0.4) is 0 Å². The molecule has 0 bridgehead atoms. The van der Waals surface area contributed by atoms with E-state index in [1.807, 2.05) is 0 Å². The summed E-state index contributed by atoms with van der Waals surface area (Å²) in [5, 5.41) is 0. The van der Waals surface area contributed by atoms with Crippen molar-refractivity contribution in [3.8, 4) is 11.1 Å². The van der Waals surface area contributed by atoms with Gasteiger partial charge >= 0.3 is 0 Å². The van der Waals surface area contributed by atoms with E-state index in [0.29, 0.717) is 5.56 Å². The average Bonchev–Trinajstić information content (AvgIpc) is 2.30. The first kappa shape index (κ1) is 10.8. The van der Waals surface area contributed by atoms with E-state index in [2.05, 4.69) is 0 Å². The minimum Gasteiger partial charge on any atom is -0.326 e. The number of halogens is 2.